The van der Waals surface area contributed by atoms with Crippen LogP contribution in [0.15, 0.2) is 42.7 Å². The molecular weight excluding hydrogens is 363 g/mol. The average molecular weight is 376 g/mol. The lowest BCUT2D eigenvalue weighted by molar-refractivity contribution is 0.0964. The van der Waals surface area contributed by atoms with Crippen LogP contribution in [0.2, 0.25) is 0 Å². The molecule has 0 N–H and O–H groups in total. The second-order valence-electron chi connectivity index (χ2n) is 4.86. The van der Waals surface area contributed by atoms with E-state index in [4.69, 9.17) is 0 Å². The van der Waals surface area contributed by atoms with Gasteiger partial charge in [-0.15, -0.1) is 0 Å². The van der Waals surface area contributed by atoms with Crippen LogP contribution in [0.1, 0.15) is 21.5 Å². The molecule has 0 saturated heterocycles. The van der Waals surface area contributed by atoms with Gasteiger partial charge in [-0.05, 0) is 77.9 Å². The van der Waals surface area contributed by atoms with E-state index >= 15 is 0 Å². The molecule has 3 rings (SSSR count). The zero-order chi connectivity index (χ0) is 14.3. The second-order valence-corrected chi connectivity index (χ2v) is 6.10. The molecule has 0 unspecified atom stereocenters. The number of aryl methyl sites for hydroxylation is 2. The fraction of sp³-hybridized carbons (Fsp3) is 0.125. The Morgan fingerprint density at radius 1 is 1.15 bits per heavy atom. The lowest BCUT2D eigenvalue weighted by atomic mass is 10.1. The molecule has 3 nitrogen and oxygen atoms in total. The second kappa shape index (κ2) is 5.01. The van der Waals surface area contributed by atoms with Gasteiger partial charge in [-0.1, -0.05) is 6.07 Å². The van der Waals surface area contributed by atoms with E-state index < -0.39 is 0 Å². The summed E-state index contributed by atoms with van der Waals surface area (Å²) in [6.07, 6.45) is 1.60. The van der Waals surface area contributed by atoms with E-state index in [1.165, 1.54) is 5.56 Å². The van der Waals surface area contributed by atoms with Gasteiger partial charge in [-0.3, -0.25) is 9.36 Å². The molecular formula is C16H13IN2O. The number of carbonyl (C=O) groups excluding carboxylic acids is 1. The van der Waals surface area contributed by atoms with Crippen LogP contribution in [0.4, 0.5) is 0 Å². The lowest BCUT2D eigenvalue weighted by Gasteiger charge is -2.05. The van der Waals surface area contributed by atoms with Crippen LogP contribution in [0.5, 0.6) is 0 Å². The predicted octanol–water partition coefficient (Wildman–Crippen LogP) is 3.95. The van der Waals surface area contributed by atoms with E-state index in [2.05, 4.69) is 34.5 Å². The quantitative estimate of drug-likeness (QED) is 0.603. The first-order valence-electron chi connectivity index (χ1n) is 6.31. The maximum absolute atomic E-state index is 12.6. The van der Waals surface area contributed by atoms with Crippen LogP contribution in [0.3, 0.4) is 0 Å². The standard InChI is InChI=1S/C16H13IN2O/c1-10-6-14-15(7-11(10)2)19(9-18-14)16(20)12-4-3-5-13(17)8-12/h3-9H,1-2H3. The van der Waals surface area contributed by atoms with Gasteiger partial charge in [0, 0.05) is 9.13 Å². The Hall–Kier alpha value is -1.69. The first-order valence-corrected chi connectivity index (χ1v) is 7.39. The fourth-order valence-corrected chi connectivity index (χ4v) is 2.73. The van der Waals surface area contributed by atoms with Gasteiger partial charge >= 0.3 is 0 Å². The zero-order valence-corrected chi connectivity index (χ0v) is 13.4. The molecule has 1 heterocycles. The predicted molar refractivity (Wildman–Crippen MR) is 88.1 cm³/mol. The van der Waals surface area contributed by atoms with Crippen molar-refractivity contribution in [1.82, 2.24) is 9.55 Å². The van der Waals surface area contributed by atoms with Crippen molar-refractivity contribution in [3.63, 3.8) is 0 Å². The van der Waals surface area contributed by atoms with E-state index in [1.54, 1.807) is 10.9 Å². The monoisotopic (exact) mass is 376 g/mol. The summed E-state index contributed by atoms with van der Waals surface area (Å²) in [7, 11) is 0. The number of fused-ring (bicyclic) bond motifs is 1. The third-order valence-electron chi connectivity index (χ3n) is 3.45. The number of benzene rings is 2. The molecule has 20 heavy (non-hydrogen) atoms. The molecule has 0 spiro atoms. The summed E-state index contributed by atoms with van der Waals surface area (Å²) < 4.78 is 2.66. The first-order chi connectivity index (χ1) is 9.56. The third-order valence-corrected chi connectivity index (χ3v) is 4.12. The third kappa shape index (κ3) is 2.24. The minimum atomic E-state index is -0.0470. The van der Waals surface area contributed by atoms with E-state index in [1.807, 2.05) is 43.3 Å². The average Bonchev–Trinajstić information content (AvgIpc) is 2.81. The Bertz CT molecular complexity index is 820. The molecule has 0 fully saturated rings. The van der Waals surface area contributed by atoms with Crippen LogP contribution >= 0.6 is 22.6 Å². The van der Waals surface area contributed by atoms with Crippen LogP contribution < -0.4 is 0 Å². The van der Waals surface area contributed by atoms with Crippen LogP contribution in [0, 0.1) is 17.4 Å². The molecule has 0 aliphatic carbocycles. The number of nitrogens with zero attached hydrogens (tertiary/aromatic N) is 2. The van der Waals surface area contributed by atoms with Crippen LogP contribution in [0.25, 0.3) is 11.0 Å². The van der Waals surface area contributed by atoms with E-state index in [-0.39, 0.29) is 5.91 Å². The fourth-order valence-electron chi connectivity index (χ4n) is 2.19. The van der Waals surface area contributed by atoms with E-state index in [0.29, 0.717) is 5.56 Å². The van der Waals surface area contributed by atoms with Crippen molar-refractivity contribution in [2.45, 2.75) is 13.8 Å². The van der Waals surface area contributed by atoms with Crippen molar-refractivity contribution in [3.8, 4) is 0 Å². The molecule has 0 bridgehead atoms. The molecule has 0 amide bonds. The molecule has 4 heteroatoms. The van der Waals surface area contributed by atoms with Crippen molar-refractivity contribution in [1.29, 1.82) is 0 Å². The van der Waals surface area contributed by atoms with Crippen molar-refractivity contribution >= 4 is 39.5 Å². The smallest absolute Gasteiger partial charge is 0.263 e. The van der Waals surface area contributed by atoms with Crippen LogP contribution in [-0.4, -0.2) is 15.5 Å². The van der Waals surface area contributed by atoms with Gasteiger partial charge < -0.3 is 0 Å². The number of hydrogen-bond donors (Lipinski definition) is 0. The summed E-state index contributed by atoms with van der Waals surface area (Å²) in [6, 6.07) is 11.6. The van der Waals surface area contributed by atoms with Gasteiger partial charge in [0.15, 0.2) is 0 Å². The normalized spacial score (nSPS) is 10.9. The highest BCUT2D eigenvalue weighted by molar-refractivity contribution is 14.1. The Balaban J connectivity index is 2.15. The lowest BCUT2D eigenvalue weighted by Crippen LogP contribution is -2.10. The molecule has 0 atom stereocenters. The van der Waals surface area contributed by atoms with Gasteiger partial charge in [0.05, 0.1) is 11.0 Å². The molecule has 0 saturated carbocycles. The minimum absolute atomic E-state index is 0.0470. The summed E-state index contributed by atoms with van der Waals surface area (Å²) in [4.78, 5) is 16.9. The van der Waals surface area contributed by atoms with Crippen molar-refractivity contribution < 1.29 is 4.79 Å². The molecule has 3 aromatic rings. The Morgan fingerprint density at radius 2 is 1.90 bits per heavy atom. The maximum atomic E-state index is 12.6. The maximum Gasteiger partial charge on any atom is 0.263 e. The summed E-state index contributed by atoms with van der Waals surface area (Å²) in [6.45, 7) is 4.09. The highest BCUT2D eigenvalue weighted by Crippen LogP contribution is 2.20. The SMILES string of the molecule is Cc1cc2ncn(C(=O)c3cccc(I)c3)c2cc1C. The first kappa shape index (κ1) is 13.3. The molecule has 0 radical (unpaired) electrons. The summed E-state index contributed by atoms with van der Waals surface area (Å²) in [5.41, 5.74) is 4.73. The number of rotatable bonds is 1. The number of imidazole rings is 1. The number of carbonyl (C=O) groups is 1. The van der Waals surface area contributed by atoms with E-state index in [9.17, 15) is 4.79 Å². The Kier molecular flexibility index (Phi) is 3.33. The van der Waals surface area contributed by atoms with Crippen LogP contribution in [-0.2, 0) is 0 Å². The number of halogens is 1. The largest absolute Gasteiger partial charge is 0.268 e. The molecule has 0 aliphatic rings. The molecule has 0 aliphatic heterocycles. The van der Waals surface area contributed by atoms with Gasteiger partial charge in [0.1, 0.15) is 6.33 Å². The van der Waals surface area contributed by atoms with Crippen molar-refractivity contribution in [2.75, 3.05) is 0 Å². The van der Waals surface area contributed by atoms with Gasteiger partial charge in [0.25, 0.3) is 5.91 Å². The van der Waals surface area contributed by atoms with Gasteiger partial charge in [-0.2, -0.15) is 0 Å². The molecule has 100 valence electrons. The van der Waals surface area contributed by atoms with Crippen molar-refractivity contribution in [2.24, 2.45) is 0 Å². The summed E-state index contributed by atoms with van der Waals surface area (Å²) >= 11 is 2.21. The van der Waals surface area contributed by atoms with Crippen molar-refractivity contribution in [3.05, 3.63) is 63.0 Å². The summed E-state index contributed by atoms with van der Waals surface area (Å²) in [5.74, 6) is -0.0470. The highest BCUT2D eigenvalue weighted by atomic mass is 127. The molecule has 2 aromatic carbocycles. The highest BCUT2D eigenvalue weighted by Gasteiger charge is 2.13. The van der Waals surface area contributed by atoms with E-state index in [0.717, 1.165) is 20.2 Å². The van der Waals surface area contributed by atoms with Gasteiger partial charge in [0.2, 0.25) is 0 Å². The Labute approximate surface area is 130 Å². The minimum Gasteiger partial charge on any atom is -0.268 e. The molecule has 1 aromatic heterocycles. The number of aromatic nitrogens is 2. The van der Waals surface area contributed by atoms with Gasteiger partial charge in [-0.25, -0.2) is 4.98 Å². The number of hydrogen-bond acceptors (Lipinski definition) is 2. The Morgan fingerprint density at radius 3 is 2.65 bits per heavy atom. The zero-order valence-electron chi connectivity index (χ0n) is 11.2. The summed E-state index contributed by atoms with van der Waals surface area (Å²) in [5, 5.41) is 0. The topological polar surface area (TPSA) is 34.9 Å².